The Morgan fingerprint density at radius 1 is 0.510 bits per heavy atom. The highest BCUT2D eigenvalue weighted by atomic mass is 16.6. The van der Waals surface area contributed by atoms with E-state index in [4.69, 9.17) is 9.47 Å². The molecule has 0 saturated carbocycles. The Balaban J connectivity index is 3.44. The molecule has 0 fully saturated rings. The van der Waals surface area contributed by atoms with E-state index >= 15 is 0 Å². The minimum atomic E-state index is -0.541. The van der Waals surface area contributed by atoms with E-state index in [1.165, 1.54) is 128 Å². The number of rotatable bonds is 38. The van der Waals surface area contributed by atoms with Crippen molar-refractivity contribution >= 4 is 5.97 Å². The average molecular weight is 685 g/mol. The maximum Gasteiger partial charge on any atom is 0.306 e. The lowest BCUT2D eigenvalue weighted by molar-refractivity contribution is -0.154. The highest BCUT2D eigenvalue weighted by Crippen LogP contribution is 2.13. The molecule has 4 nitrogen and oxygen atoms in total. The molecule has 1 atom stereocenters. The largest absolute Gasteiger partial charge is 0.457 e. The first-order valence-corrected chi connectivity index (χ1v) is 20.9. The molecule has 0 rings (SSSR count). The van der Waals surface area contributed by atoms with Gasteiger partial charge in [-0.1, -0.05) is 171 Å². The zero-order chi connectivity index (χ0) is 35.6. The Hall–Kier alpha value is -1.91. The number of esters is 1. The molecule has 0 aliphatic rings. The van der Waals surface area contributed by atoms with Crippen molar-refractivity contribution in [2.24, 2.45) is 0 Å². The second-order valence-corrected chi connectivity index (χ2v) is 13.7. The zero-order valence-corrected chi connectivity index (χ0v) is 32.4. The van der Waals surface area contributed by atoms with Crippen LogP contribution in [-0.2, 0) is 14.3 Å². The molecule has 1 N–H and O–H groups in total. The van der Waals surface area contributed by atoms with Gasteiger partial charge in [-0.25, -0.2) is 0 Å². The maximum atomic E-state index is 12.2. The second-order valence-electron chi connectivity index (χ2n) is 13.7. The molecule has 0 bridgehead atoms. The molecule has 0 aromatic rings. The summed E-state index contributed by atoms with van der Waals surface area (Å²) in [6.45, 7) is 5.20. The standard InChI is InChI=1S/C45H80O4/c1-3-5-7-9-11-13-15-17-18-19-20-21-22-23-24-25-26-27-29-31-33-35-37-39-41-48-43-44(42-46)49-45(47)40-38-36-34-32-30-28-16-14-12-10-8-6-4-2/h5,7,11,13-14,16-18,20-21,44,46H,3-4,6,8-10,12,15,19,22-43H2,1-2H3/b7-5-,13-11-,16-14-,18-17-,21-20-. The van der Waals surface area contributed by atoms with Crippen molar-refractivity contribution in [2.75, 3.05) is 19.8 Å². The molecular formula is C45H80O4. The van der Waals surface area contributed by atoms with Gasteiger partial charge in [-0.05, 0) is 77.0 Å². The SMILES string of the molecule is CC/C=C\C/C=C\C/C=C\C/C=C\CCCCCCCCCCCCCOCC(CO)OC(=O)CCCCCCC/C=C\CCCCCC. The number of unbranched alkanes of at least 4 members (excludes halogenated alkanes) is 20. The van der Waals surface area contributed by atoms with Crippen LogP contribution in [-0.4, -0.2) is 37.0 Å². The van der Waals surface area contributed by atoms with Crippen LogP contribution in [0.25, 0.3) is 0 Å². The first-order chi connectivity index (χ1) is 24.2. The number of hydrogen-bond donors (Lipinski definition) is 1. The van der Waals surface area contributed by atoms with E-state index in [-0.39, 0.29) is 19.2 Å². The summed E-state index contributed by atoms with van der Waals surface area (Å²) < 4.78 is 11.1. The number of aliphatic hydroxyl groups is 1. The first kappa shape index (κ1) is 47.1. The molecule has 284 valence electrons. The van der Waals surface area contributed by atoms with Crippen molar-refractivity contribution in [3.8, 4) is 0 Å². The van der Waals surface area contributed by atoms with Crippen LogP contribution in [0, 0.1) is 0 Å². The van der Waals surface area contributed by atoms with Crippen LogP contribution >= 0.6 is 0 Å². The van der Waals surface area contributed by atoms with Crippen LogP contribution in [0.4, 0.5) is 0 Å². The van der Waals surface area contributed by atoms with Crippen LogP contribution < -0.4 is 0 Å². The summed E-state index contributed by atoms with van der Waals surface area (Å²) in [6, 6.07) is 0. The Bertz CT molecular complexity index is 809. The molecule has 0 saturated heterocycles. The summed E-state index contributed by atoms with van der Waals surface area (Å²) in [7, 11) is 0. The molecule has 0 aromatic heterocycles. The molecule has 49 heavy (non-hydrogen) atoms. The summed E-state index contributed by atoms with van der Waals surface area (Å²) in [5.41, 5.74) is 0. The zero-order valence-electron chi connectivity index (χ0n) is 32.4. The van der Waals surface area contributed by atoms with E-state index in [1.807, 2.05) is 0 Å². The van der Waals surface area contributed by atoms with E-state index < -0.39 is 6.10 Å². The van der Waals surface area contributed by atoms with Crippen molar-refractivity contribution in [3.05, 3.63) is 60.8 Å². The van der Waals surface area contributed by atoms with Crippen LogP contribution in [0.2, 0.25) is 0 Å². The van der Waals surface area contributed by atoms with Gasteiger partial charge in [-0.2, -0.15) is 0 Å². The van der Waals surface area contributed by atoms with Gasteiger partial charge < -0.3 is 14.6 Å². The first-order valence-electron chi connectivity index (χ1n) is 20.9. The molecular weight excluding hydrogens is 604 g/mol. The molecule has 0 radical (unpaired) electrons. The van der Waals surface area contributed by atoms with E-state index in [0.29, 0.717) is 13.0 Å². The van der Waals surface area contributed by atoms with Gasteiger partial charge in [0.1, 0.15) is 6.10 Å². The van der Waals surface area contributed by atoms with Crippen LogP contribution in [0.5, 0.6) is 0 Å². The van der Waals surface area contributed by atoms with E-state index in [1.54, 1.807) is 0 Å². The monoisotopic (exact) mass is 685 g/mol. The molecule has 1 unspecified atom stereocenters. The minimum absolute atomic E-state index is 0.177. The highest BCUT2D eigenvalue weighted by molar-refractivity contribution is 5.69. The van der Waals surface area contributed by atoms with Crippen LogP contribution in [0.1, 0.15) is 194 Å². The number of aliphatic hydroxyl groups excluding tert-OH is 1. The summed E-state index contributed by atoms with van der Waals surface area (Å²) in [5, 5.41) is 9.58. The second kappa shape index (κ2) is 42.3. The van der Waals surface area contributed by atoms with Gasteiger partial charge in [-0.3, -0.25) is 4.79 Å². The van der Waals surface area contributed by atoms with Gasteiger partial charge in [-0.15, -0.1) is 0 Å². The molecule has 0 aliphatic heterocycles. The lowest BCUT2D eigenvalue weighted by atomic mass is 10.1. The van der Waals surface area contributed by atoms with Gasteiger partial charge >= 0.3 is 5.97 Å². The van der Waals surface area contributed by atoms with E-state index in [2.05, 4.69) is 74.6 Å². The fourth-order valence-corrected chi connectivity index (χ4v) is 5.72. The normalized spacial score (nSPS) is 13.0. The summed E-state index contributed by atoms with van der Waals surface area (Å²) in [5.74, 6) is -0.213. The fourth-order valence-electron chi connectivity index (χ4n) is 5.72. The Morgan fingerprint density at radius 3 is 1.41 bits per heavy atom. The van der Waals surface area contributed by atoms with Crippen molar-refractivity contribution in [2.45, 2.75) is 200 Å². The molecule has 0 aromatic carbocycles. The van der Waals surface area contributed by atoms with Crippen molar-refractivity contribution in [3.63, 3.8) is 0 Å². The van der Waals surface area contributed by atoms with Crippen molar-refractivity contribution in [1.82, 2.24) is 0 Å². The quantitative estimate of drug-likeness (QED) is 0.0399. The van der Waals surface area contributed by atoms with Crippen LogP contribution in [0.15, 0.2) is 60.8 Å². The number of allylic oxidation sites excluding steroid dienone is 10. The highest BCUT2D eigenvalue weighted by Gasteiger charge is 2.13. The number of carbonyl (C=O) groups is 1. The number of carbonyl (C=O) groups excluding carboxylic acids is 1. The van der Waals surface area contributed by atoms with Crippen LogP contribution in [0.3, 0.4) is 0 Å². The van der Waals surface area contributed by atoms with Gasteiger partial charge in [0, 0.05) is 13.0 Å². The fraction of sp³-hybridized carbons (Fsp3) is 0.756. The third kappa shape index (κ3) is 40.4. The lowest BCUT2D eigenvalue weighted by Crippen LogP contribution is -2.27. The molecule has 4 heteroatoms. The Labute approximate surface area is 305 Å². The number of hydrogen-bond acceptors (Lipinski definition) is 4. The third-order valence-electron chi connectivity index (χ3n) is 8.83. The van der Waals surface area contributed by atoms with Gasteiger partial charge in [0.2, 0.25) is 0 Å². The predicted molar refractivity (Wildman–Crippen MR) is 214 cm³/mol. The molecule has 0 aliphatic carbocycles. The summed E-state index contributed by atoms with van der Waals surface area (Å²) >= 11 is 0. The smallest absolute Gasteiger partial charge is 0.306 e. The van der Waals surface area contributed by atoms with Gasteiger partial charge in [0.25, 0.3) is 0 Å². The predicted octanol–water partition coefficient (Wildman–Crippen LogP) is 13.7. The van der Waals surface area contributed by atoms with E-state index in [9.17, 15) is 9.90 Å². The molecule has 0 amide bonds. The minimum Gasteiger partial charge on any atom is -0.457 e. The van der Waals surface area contributed by atoms with Gasteiger partial charge in [0.05, 0.1) is 13.2 Å². The summed E-state index contributed by atoms with van der Waals surface area (Å²) in [4.78, 5) is 12.2. The Kier molecular flexibility index (Phi) is 40.6. The average Bonchev–Trinajstić information content (AvgIpc) is 3.11. The lowest BCUT2D eigenvalue weighted by Gasteiger charge is -2.15. The Morgan fingerprint density at radius 2 is 0.918 bits per heavy atom. The topological polar surface area (TPSA) is 55.8 Å². The number of ether oxygens (including phenoxy) is 2. The molecule has 0 heterocycles. The third-order valence-corrected chi connectivity index (χ3v) is 8.83. The maximum absolute atomic E-state index is 12.2. The molecule has 0 spiro atoms. The van der Waals surface area contributed by atoms with Crippen molar-refractivity contribution < 1.29 is 19.4 Å². The van der Waals surface area contributed by atoms with Gasteiger partial charge in [0.15, 0.2) is 0 Å². The van der Waals surface area contributed by atoms with Crippen molar-refractivity contribution in [1.29, 1.82) is 0 Å². The summed E-state index contributed by atoms with van der Waals surface area (Å²) in [6.07, 6.45) is 55.6. The van der Waals surface area contributed by atoms with E-state index in [0.717, 1.165) is 44.9 Å².